The maximum atomic E-state index is 13.7. The Kier molecular flexibility index (Phi) is 7.40. The highest BCUT2D eigenvalue weighted by molar-refractivity contribution is 7.19. The molecule has 0 saturated heterocycles. The molecule has 1 saturated carbocycles. The Morgan fingerprint density at radius 3 is 2.61 bits per heavy atom. The summed E-state index contributed by atoms with van der Waals surface area (Å²) in [6.45, 7) is 0. The zero-order valence-corrected chi connectivity index (χ0v) is 19.1. The minimum Gasteiger partial charge on any atom is -0.494 e. The molecule has 0 spiro atoms. The van der Waals surface area contributed by atoms with Crippen LogP contribution in [0.2, 0.25) is 0 Å². The molecule has 9 nitrogen and oxygen atoms in total. The highest BCUT2D eigenvalue weighted by atomic mass is 32.1. The molecule has 4 rings (SSSR count). The van der Waals surface area contributed by atoms with Gasteiger partial charge < -0.3 is 14.8 Å². The minimum atomic E-state index is -0.948. The van der Waals surface area contributed by atoms with E-state index in [0.29, 0.717) is 21.7 Å². The highest BCUT2D eigenvalue weighted by Gasteiger charge is 2.25. The number of carbonyl (C=O) groups excluding carboxylic acids is 1. The monoisotopic (exact) mass is 472 g/mol. The van der Waals surface area contributed by atoms with E-state index in [2.05, 4.69) is 31.0 Å². The van der Waals surface area contributed by atoms with Crippen molar-refractivity contribution in [3.05, 3.63) is 53.6 Å². The van der Waals surface area contributed by atoms with Crippen molar-refractivity contribution in [1.82, 2.24) is 20.4 Å². The van der Waals surface area contributed by atoms with E-state index in [0.717, 1.165) is 31.4 Å². The van der Waals surface area contributed by atoms with Crippen molar-refractivity contribution < 1.29 is 18.7 Å². The minimum absolute atomic E-state index is 0.0405. The maximum absolute atomic E-state index is 13.7. The van der Waals surface area contributed by atoms with Crippen molar-refractivity contribution in [2.45, 2.75) is 43.7 Å². The van der Waals surface area contributed by atoms with Crippen LogP contribution in [0, 0.1) is 5.82 Å². The molecule has 2 N–H and O–H groups in total. The molecule has 1 fully saturated rings. The van der Waals surface area contributed by atoms with Crippen LogP contribution in [-0.2, 0) is 9.53 Å². The van der Waals surface area contributed by atoms with E-state index in [4.69, 9.17) is 9.47 Å². The molecule has 1 amide bonds. The fraction of sp³-hybridized carbons (Fsp3) is 0.409. The first-order chi connectivity index (χ1) is 16.1. The van der Waals surface area contributed by atoms with Gasteiger partial charge in [0.05, 0.1) is 12.8 Å². The Hall–Kier alpha value is -3.18. The van der Waals surface area contributed by atoms with Crippen LogP contribution in [0.1, 0.15) is 49.0 Å². The summed E-state index contributed by atoms with van der Waals surface area (Å²) in [6.07, 6.45) is 4.76. The lowest BCUT2D eigenvalue weighted by molar-refractivity contribution is -0.126. The molecule has 1 aromatic carbocycles. The Morgan fingerprint density at radius 1 is 1.12 bits per heavy atom. The van der Waals surface area contributed by atoms with E-state index in [1.807, 2.05) is 12.1 Å². The highest BCUT2D eigenvalue weighted by Crippen LogP contribution is 2.34. The number of methoxy groups -OCH3 is 2. The largest absolute Gasteiger partial charge is 0.494 e. The molecular formula is C22H25FN6O3S. The predicted octanol–water partition coefficient (Wildman–Crippen LogP) is 3.94. The number of nitrogens with zero attached hydrogens (tertiary/aromatic N) is 4. The summed E-state index contributed by atoms with van der Waals surface area (Å²) in [5.41, 5.74) is 1.51. The van der Waals surface area contributed by atoms with Crippen LogP contribution in [0.15, 0.2) is 36.5 Å². The normalized spacial score (nSPS) is 19.0. The standard InChI is InChI=1S/C22H25FN6O3S/c1-31-18-12-14(7-10-16(18)23)19(32-2)20(30)26-22-29-28-21(33-22)25-15-8-5-13(6-9-15)17-4-3-11-24-27-17/h3-4,7,10-13,15,19H,5-6,8-9H2,1-2H3,(H,25,28)(H,26,29,30). The van der Waals surface area contributed by atoms with E-state index < -0.39 is 17.8 Å². The predicted molar refractivity (Wildman–Crippen MR) is 122 cm³/mol. The average molecular weight is 473 g/mol. The second kappa shape index (κ2) is 10.6. The Balaban J connectivity index is 1.32. The molecular weight excluding hydrogens is 447 g/mol. The SMILES string of the molecule is COc1cc(C(OC)C(=O)Nc2nnc(NC3CCC(c4cccnn4)CC3)s2)ccc1F. The summed E-state index contributed by atoms with van der Waals surface area (Å²) in [4.78, 5) is 12.7. The molecule has 2 aromatic heterocycles. The molecule has 0 bridgehead atoms. The molecule has 33 heavy (non-hydrogen) atoms. The van der Waals surface area contributed by atoms with Crippen molar-refractivity contribution in [2.75, 3.05) is 24.9 Å². The van der Waals surface area contributed by atoms with Crippen LogP contribution in [0.3, 0.4) is 0 Å². The van der Waals surface area contributed by atoms with Gasteiger partial charge in [-0.3, -0.25) is 10.1 Å². The lowest BCUT2D eigenvalue weighted by Gasteiger charge is -2.28. The quantitative estimate of drug-likeness (QED) is 0.507. The van der Waals surface area contributed by atoms with E-state index in [-0.39, 0.29) is 11.8 Å². The number of hydrogen-bond donors (Lipinski definition) is 2. The molecule has 3 aromatic rings. The molecule has 11 heteroatoms. The van der Waals surface area contributed by atoms with Crippen molar-refractivity contribution in [3.63, 3.8) is 0 Å². The molecule has 1 unspecified atom stereocenters. The first-order valence-electron chi connectivity index (χ1n) is 10.6. The van der Waals surface area contributed by atoms with Crippen LogP contribution in [0.4, 0.5) is 14.7 Å². The second-order valence-corrected chi connectivity index (χ2v) is 8.73. The van der Waals surface area contributed by atoms with Crippen molar-refractivity contribution in [2.24, 2.45) is 0 Å². The first kappa shape index (κ1) is 23.0. The van der Waals surface area contributed by atoms with Gasteiger partial charge in [0.15, 0.2) is 17.7 Å². The number of carbonyl (C=O) groups is 1. The number of halogens is 1. The number of anilines is 2. The van der Waals surface area contributed by atoms with E-state index in [9.17, 15) is 9.18 Å². The van der Waals surface area contributed by atoms with Gasteiger partial charge in [-0.15, -0.1) is 10.2 Å². The maximum Gasteiger partial charge on any atom is 0.259 e. The van der Waals surface area contributed by atoms with Crippen molar-refractivity contribution >= 4 is 27.5 Å². The molecule has 0 aliphatic heterocycles. The van der Waals surface area contributed by atoms with Gasteiger partial charge in [-0.05, 0) is 55.5 Å². The first-order valence-corrected chi connectivity index (χ1v) is 11.4. The number of hydrogen-bond acceptors (Lipinski definition) is 9. The third-order valence-electron chi connectivity index (χ3n) is 5.67. The van der Waals surface area contributed by atoms with Crippen LogP contribution < -0.4 is 15.4 Å². The Labute approximate surface area is 194 Å². The summed E-state index contributed by atoms with van der Waals surface area (Å²) in [7, 11) is 2.77. The van der Waals surface area contributed by atoms with Gasteiger partial charge in [-0.1, -0.05) is 17.4 Å². The summed E-state index contributed by atoms with van der Waals surface area (Å²) in [6, 6.07) is 8.39. The second-order valence-electron chi connectivity index (χ2n) is 7.75. The molecule has 2 heterocycles. The number of amides is 1. The molecule has 1 aliphatic carbocycles. The number of nitrogens with one attached hydrogen (secondary N) is 2. The van der Waals surface area contributed by atoms with E-state index in [1.165, 1.54) is 43.8 Å². The summed E-state index contributed by atoms with van der Waals surface area (Å²) < 4.78 is 24.0. The van der Waals surface area contributed by atoms with Gasteiger partial charge in [0, 0.05) is 25.3 Å². The summed E-state index contributed by atoms with van der Waals surface area (Å²) in [5.74, 6) is -0.476. The van der Waals surface area contributed by atoms with Gasteiger partial charge in [0.1, 0.15) is 0 Å². The molecule has 0 radical (unpaired) electrons. The third kappa shape index (κ3) is 5.60. The topological polar surface area (TPSA) is 111 Å². The summed E-state index contributed by atoms with van der Waals surface area (Å²) >= 11 is 1.26. The Morgan fingerprint density at radius 2 is 1.91 bits per heavy atom. The zero-order chi connectivity index (χ0) is 23.2. The molecule has 174 valence electrons. The van der Waals surface area contributed by atoms with Gasteiger partial charge in [0.25, 0.3) is 5.91 Å². The average Bonchev–Trinajstić information content (AvgIpc) is 3.28. The van der Waals surface area contributed by atoms with Gasteiger partial charge >= 0.3 is 0 Å². The summed E-state index contributed by atoms with van der Waals surface area (Å²) in [5, 5.41) is 23.5. The number of benzene rings is 1. The number of ether oxygens (including phenoxy) is 2. The van der Waals surface area contributed by atoms with Crippen LogP contribution in [0.25, 0.3) is 0 Å². The van der Waals surface area contributed by atoms with Gasteiger partial charge in [0.2, 0.25) is 10.3 Å². The molecule has 1 atom stereocenters. The fourth-order valence-electron chi connectivity index (χ4n) is 3.98. The van der Waals surface area contributed by atoms with Crippen LogP contribution in [0.5, 0.6) is 5.75 Å². The van der Waals surface area contributed by atoms with E-state index >= 15 is 0 Å². The Bertz CT molecular complexity index is 1080. The van der Waals surface area contributed by atoms with Crippen LogP contribution >= 0.6 is 11.3 Å². The third-order valence-corrected chi connectivity index (χ3v) is 6.44. The lowest BCUT2D eigenvalue weighted by Crippen LogP contribution is -2.25. The van der Waals surface area contributed by atoms with Crippen molar-refractivity contribution in [1.29, 1.82) is 0 Å². The van der Waals surface area contributed by atoms with Crippen LogP contribution in [-0.4, -0.2) is 46.6 Å². The lowest BCUT2D eigenvalue weighted by atomic mass is 9.84. The van der Waals surface area contributed by atoms with Gasteiger partial charge in [-0.2, -0.15) is 10.2 Å². The van der Waals surface area contributed by atoms with Crippen molar-refractivity contribution in [3.8, 4) is 5.75 Å². The fourth-order valence-corrected chi connectivity index (χ4v) is 4.70. The molecule has 1 aliphatic rings. The zero-order valence-electron chi connectivity index (χ0n) is 18.3. The smallest absolute Gasteiger partial charge is 0.259 e. The number of aromatic nitrogens is 4. The van der Waals surface area contributed by atoms with Gasteiger partial charge in [-0.25, -0.2) is 4.39 Å². The van der Waals surface area contributed by atoms with E-state index in [1.54, 1.807) is 6.20 Å². The number of rotatable bonds is 8.